The van der Waals surface area contributed by atoms with Crippen LogP contribution in [0, 0.1) is 5.82 Å². The van der Waals surface area contributed by atoms with Crippen molar-refractivity contribution in [2.24, 2.45) is 0 Å². The summed E-state index contributed by atoms with van der Waals surface area (Å²) in [4.78, 5) is 28.3. The van der Waals surface area contributed by atoms with E-state index >= 15 is 0 Å². The third kappa shape index (κ3) is 5.53. The zero-order valence-electron chi connectivity index (χ0n) is 15.6. The number of aromatic hydroxyl groups is 1. The number of aryl methyl sites for hydroxylation is 1. The summed E-state index contributed by atoms with van der Waals surface area (Å²) >= 11 is 0. The van der Waals surface area contributed by atoms with E-state index in [0.717, 1.165) is 5.56 Å². The van der Waals surface area contributed by atoms with Gasteiger partial charge in [-0.1, -0.05) is 18.2 Å². The Labute approximate surface area is 163 Å². The molecule has 7 heteroatoms. The smallest absolute Gasteiger partial charge is 0.238 e. The SMILES string of the molecule is O=C(CN1CCN(C(=O)CCc2ccccc2O)CC1)Nc1ccc(F)cc1. The summed E-state index contributed by atoms with van der Waals surface area (Å²) in [6.07, 6.45) is 0.856. The van der Waals surface area contributed by atoms with Gasteiger partial charge < -0.3 is 15.3 Å². The average molecular weight is 385 g/mol. The average Bonchev–Trinajstić information content (AvgIpc) is 2.69. The van der Waals surface area contributed by atoms with E-state index in [-0.39, 0.29) is 29.9 Å². The number of rotatable bonds is 6. The number of nitrogens with one attached hydrogen (secondary N) is 1. The third-order valence-electron chi connectivity index (χ3n) is 4.82. The molecule has 1 fully saturated rings. The molecule has 0 aromatic heterocycles. The Hall–Kier alpha value is -2.93. The summed E-state index contributed by atoms with van der Waals surface area (Å²) in [6.45, 7) is 2.63. The van der Waals surface area contributed by atoms with E-state index in [1.165, 1.54) is 24.3 Å². The molecule has 1 aliphatic heterocycles. The second-order valence-corrected chi connectivity index (χ2v) is 6.84. The number of amides is 2. The fraction of sp³-hybridized carbons (Fsp3) is 0.333. The van der Waals surface area contributed by atoms with Crippen molar-refractivity contribution in [2.45, 2.75) is 12.8 Å². The zero-order chi connectivity index (χ0) is 19.9. The number of benzene rings is 2. The summed E-state index contributed by atoms with van der Waals surface area (Å²) < 4.78 is 12.9. The van der Waals surface area contributed by atoms with E-state index in [1.807, 2.05) is 17.0 Å². The van der Waals surface area contributed by atoms with Crippen molar-refractivity contribution < 1.29 is 19.1 Å². The Morgan fingerprint density at radius 1 is 1.00 bits per heavy atom. The van der Waals surface area contributed by atoms with Gasteiger partial charge in [-0.25, -0.2) is 4.39 Å². The molecule has 3 rings (SSSR count). The number of phenols is 1. The van der Waals surface area contributed by atoms with Crippen LogP contribution in [-0.2, 0) is 16.0 Å². The second-order valence-electron chi connectivity index (χ2n) is 6.84. The topological polar surface area (TPSA) is 72.9 Å². The molecular weight excluding hydrogens is 361 g/mol. The molecule has 0 aliphatic carbocycles. The highest BCUT2D eigenvalue weighted by atomic mass is 19.1. The molecule has 28 heavy (non-hydrogen) atoms. The minimum absolute atomic E-state index is 0.0543. The first-order chi connectivity index (χ1) is 13.5. The van der Waals surface area contributed by atoms with Crippen LogP contribution in [0.15, 0.2) is 48.5 Å². The largest absolute Gasteiger partial charge is 0.508 e. The molecule has 148 valence electrons. The number of carbonyl (C=O) groups excluding carboxylic acids is 2. The van der Waals surface area contributed by atoms with Crippen molar-refractivity contribution in [1.82, 2.24) is 9.80 Å². The van der Waals surface area contributed by atoms with E-state index in [9.17, 15) is 19.1 Å². The maximum atomic E-state index is 12.9. The summed E-state index contributed by atoms with van der Waals surface area (Å²) in [7, 11) is 0. The van der Waals surface area contributed by atoms with Gasteiger partial charge in [0.15, 0.2) is 0 Å². The molecule has 1 heterocycles. The molecule has 6 nitrogen and oxygen atoms in total. The number of anilines is 1. The number of carbonyl (C=O) groups is 2. The molecule has 1 aliphatic rings. The fourth-order valence-corrected chi connectivity index (χ4v) is 3.21. The summed E-state index contributed by atoms with van der Waals surface area (Å²) in [5, 5.41) is 12.5. The molecule has 0 bridgehead atoms. The predicted molar refractivity (Wildman–Crippen MR) is 104 cm³/mol. The number of hydrogen-bond acceptors (Lipinski definition) is 4. The van der Waals surface area contributed by atoms with Crippen LogP contribution in [0.5, 0.6) is 5.75 Å². The standard InChI is InChI=1S/C21H24FN3O3/c22-17-6-8-18(9-7-17)23-20(27)15-24-11-13-25(14-12-24)21(28)10-5-16-3-1-2-4-19(16)26/h1-4,6-9,26H,5,10-15H2,(H,23,27). The van der Waals surface area contributed by atoms with Gasteiger partial charge in [0, 0.05) is 38.3 Å². The zero-order valence-corrected chi connectivity index (χ0v) is 15.6. The van der Waals surface area contributed by atoms with Gasteiger partial charge in [-0.05, 0) is 42.3 Å². The van der Waals surface area contributed by atoms with Gasteiger partial charge in [0.05, 0.1) is 6.54 Å². The summed E-state index contributed by atoms with van der Waals surface area (Å²) in [6, 6.07) is 12.7. The van der Waals surface area contributed by atoms with E-state index in [4.69, 9.17) is 0 Å². The van der Waals surface area contributed by atoms with Crippen LogP contribution in [0.3, 0.4) is 0 Å². The van der Waals surface area contributed by atoms with Crippen LogP contribution in [0.2, 0.25) is 0 Å². The Balaban J connectivity index is 1.40. The van der Waals surface area contributed by atoms with Gasteiger partial charge >= 0.3 is 0 Å². The summed E-state index contributed by atoms with van der Waals surface area (Å²) in [5.74, 6) is -0.238. The Bertz CT molecular complexity index is 818. The van der Waals surface area contributed by atoms with Crippen molar-refractivity contribution in [1.29, 1.82) is 0 Å². The minimum Gasteiger partial charge on any atom is -0.508 e. The van der Waals surface area contributed by atoms with Crippen molar-refractivity contribution in [2.75, 3.05) is 38.0 Å². The van der Waals surface area contributed by atoms with Crippen LogP contribution < -0.4 is 5.32 Å². The van der Waals surface area contributed by atoms with Crippen molar-refractivity contribution in [3.8, 4) is 5.75 Å². The molecule has 0 radical (unpaired) electrons. The molecule has 2 N–H and O–H groups in total. The lowest BCUT2D eigenvalue weighted by Gasteiger charge is -2.34. The van der Waals surface area contributed by atoms with Crippen LogP contribution in [0.1, 0.15) is 12.0 Å². The number of hydrogen-bond donors (Lipinski definition) is 2. The van der Waals surface area contributed by atoms with Crippen LogP contribution >= 0.6 is 0 Å². The maximum absolute atomic E-state index is 12.9. The lowest BCUT2D eigenvalue weighted by molar-refractivity contribution is -0.133. The lowest BCUT2D eigenvalue weighted by Crippen LogP contribution is -2.50. The van der Waals surface area contributed by atoms with Gasteiger partial charge in [0.25, 0.3) is 0 Å². The van der Waals surface area contributed by atoms with Crippen molar-refractivity contribution in [3.63, 3.8) is 0 Å². The maximum Gasteiger partial charge on any atom is 0.238 e. The molecule has 0 atom stereocenters. The van der Waals surface area contributed by atoms with Crippen LogP contribution in [0.4, 0.5) is 10.1 Å². The minimum atomic E-state index is -0.346. The summed E-state index contributed by atoms with van der Waals surface area (Å²) in [5.41, 5.74) is 1.33. The first-order valence-electron chi connectivity index (χ1n) is 9.33. The Kier molecular flexibility index (Phi) is 6.60. The first-order valence-corrected chi connectivity index (χ1v) is 9.33. The van der Waals surface area contributed by atoms with E-state index in [2.05, 4.69) is 5.32 Å². The highest BCUT2D eigenvalue weighted by Gasteiger charge is 2.22. The van der Waals surface area contributed by atoms with E-state index in [0.29, 0.717) is 44.7 Å². The molecule has 0 unspecified atom stereocenters. The molecule has 2 amide bonds. The van der Waals surface area contributed by atoms with E-state index in [1.54, 1.807) is 17.0 Å². The molecule has 0 saturated carbocycles. The lowest BCUT2D eigenvalue weighted by atomic mass is 10.1. The van der Waals surface area contributed by atoms with Crippen LogP contribution in [0.25, 0.3) is 0 Å². The van der Waals surface area contributed by atoms with Crippen molar-refractivity contribution >= 4 is 17.5 Å². The molecule has 2 aromatic rings. The Morgan fingerprint density at radius 3 is 2.36 bits per heavy atom. The quantitative estimate of drug-likeness (QED) is 0.800. The molecular formula is C21H24FN3O3. The monoisotopic (exact) mass is 385 g/mol. The van der Waals surface area contributed by atoms with E-state index < -0.39 is 0 Å². The Morgan fingerprint density at radius 2 is 1.68 bits per heavy atom. The molecule has 2 aromatic carbocycles. The predicted octanol–water partition coefficient (Wildman–Crippen LogP) is 2.25. The van der Waals surface area contributed by atoms with Gasteiger partial charge in [-0.2, -0.15) is 0 Å². The van der Waals surface area contributed by atoms with Gasteiger partial charge in [0.2, 0.25) is 11.8 Å². The second kappa shape index (κ2) is 9.32. The first kappa shape index (κ1) is 19.8. The highest BCUT2D eigenvalue weighted by Crippen LogP contribution is 2.18. The number of phenolic OH excluding ortho intramolecular Hbond substituents is 1. The van der Waals surface area contributed by atoms with Gasteiger partial charge in [-0.3, -0.25) is 14.5 Å². The van der Waals surface area contributed by atoms with Crippen LogP contribution in [-0.4, -0.2) is 59.4 Å². The number of para-hydroxylation sites is 1. The normalized spacial score (nSPS) is 14.7. The molecule has 1 saturated heterocycles. The molecule has 0 spiro atoms. The fourth-order valence-electron chi connectivity index (χ4n) is 3.21. The number of nitrogens with zero attached hydrogens (tertiary/aromatic N) is 2. The highest BCUT2D eigenvalue weighted by molar-refractivity contribution is 5.92. The van der Waals surface area contributed by atoms with Gasteiger partial charge in [-0.15, -0.1) is 0 Å². The number of piperazine rings is 1. The van der Waals surface area contributed by atoms with Gasteiger partial charge in [0.1, 0.15) is 11.6 Å². The third-order valence-corrected chi connectivity index (χ3v) is 4.82. The van der Waals surface area contributed by atoms with Crippen molar-refractivity contribution in [3.05, 3.63) is 59.9 Å². The number of halogens is 1.